The highest BCUT2D eigenvalue weighted by Crippen LogP contribution is 2.20. The highest BCUT2D eigenvalue weighted by Gasteiger charge is 2.09. The number of benzene rings is 2. The van der Waals surface area contributed by atoms with Gasteiger partial charge < -0.3 is 15.4 Å². The fourth-order valence-corrected chi connectivity index (χ4v) is 2.49. The molecule has 6 heteroatoms. The van der Waals surface area contributed by atoms with Crippen LogP contribution in [0, 0.1) is 0 Å². The molecule has 6 nitrogen and oxygen atoms in total. The van der Waals surface area contributed by atoms with E-state index in [1.165, 1.54) is 18.0 Å². The Bertz CT molecular complexity index is 906. The van der Waals surface area contributed by atoms with E-state index in [9.17, 15) is 4.79 Å². The number of amides is 1. The summed E-state index contributed by atoms with van der Waals surface area (Å²) in [6.07, 6.45) is 2.99. The molecule has 27 heavy (non-hydrogen) atoms. The number of carbonyl (C=O) groups excluding carboxylic acids is 1. The van der Waals surface area contributed by atoms with Crippen LogP contribution in [0.4, 0.5) is 17.3 Å². The summed E-state index contributed by atoms with van der Waals surface area (Å²) in [7, 11) is 1.58. The van der Waals surface area contributed by atoms with Crippen LogP contribution >= 0.6 is 0 Å². The van der Waals surface area contributed by atoms with Crippen molar-refractivity contribution in [2.24, 2.45) is 0 Å². The maximum Gasteiger partial charge on any atom is 0.258 e. The Balaban J connectivity index is 1.64. The van der Waals surface area contributed by atoms with E-state index in [-0.39, 0.29) is 5.91 Å². The second-order valence-corrected chi connectivity index (χ2v) is 6.38. The number of ether oxygens (including phenoxy) is 1. The minimum Gasteiger partial charge on any atom is -0.497 e. The summed E-state index contributed by atoms with van der Waals surface area (Å²) in [5.74, 6) is 1.31. The van der Waals surface area contributed by atoms with E-state index in [0.717, 1.165) is 5.69 Å². The highest BCUT2D eigenvalue weighted by atomic mass is 16.5. The van der Waals surface area contributed by atoms with E-state index >= 15 is 0 Å². The predicted octanol–water partition coefficient (Wildman–Crippen LogP) is 4.60. The van der Waals surface area contributed by atoms with Crippen LogP contribution in [-0.4, -0.2) is 23.0 Å². The molecule has 0 aliphatic carbocycles. The molecule has 0 unspecified atom stereocenters. The number of methoxy groups -OCH3 is 1. The lowest BCUT2D eigenvalue weighted by Gasteiger charge is -2.09. The number of nitrogens with one attached hydrogen (secondary N) is 2. The number of aromatic nitrogens is 2. The van der Waals surface area contributed by atoms with E-state index in [2.05, 4.69) is 46.6 Å². The van der Waals surface area contributed by atoms with E-state index < -0.39 is 0 Å². The second-order valence-electron chi connectivity index (χ2n) is 6.38. The van der Waals surface area contributed by atoms with E-state index in [1.807, 2.05) is 24.3 Å². The topological polar surface area (TPSA) is 76.1 Å². The molecular formula is C21H22N4O2. The first kappa shape index (κ1) is 18.4. The van der Waals surface area contributed by atoms with Gasteiger partial charge >= 0.3 is 0 Å². The van der Waals surface area contributed by atoms with E-state index in [0.29, 0.717) is 28.9 Å². The number of carbonyl (C=O) groups is 1. The minimum absolute atomic E-state index is 0.281. The quantitative estimate of drug-likeness (QED) is 0.670. The molecule has 2 N–H and O–H groups in total. The third-order valence-electron chi connectivity index (χ3n) is 4.08. The van der Waals surface area contributed by atoms with Gasteiger partial charge in [-0.05, 0) is 35.7 Å². The van der Waals surface area contributed by atoms with Gasteiger partial charge in [-0.15, -0.1) is 0 Å². The fourth-order valence-electron chi connectivity index (χ4n) is 2.49. The maximum atomic E-state index is 12.3. The van der Waals surface area contributed by atoms with E-state index in [1.54, 1.807) is 19.2 Å². The number of nitrogens with zero attached hydrogens (tertiary/aromatic N) is 2. The Hall–Kier alpha value is -3.41. The molecule has 0 atom stereocenters. The summed E-state index contributed by atoms with van der Waals surface area (Å²) in [4.78, 5) is 20.8. The summed E-state index contributed by atoms with van der Waals surface area (Å²) < 4.78 is 5.15. The lowest BCUT2D eigenvalue weighted by atomic mass is 10.0. The molecule has 0 aliphatic rings. The Morgan fingerprint density at radius 2 is 1.70 bits per heavy atom. The molecule has 0 bridgehead atoms. The average Bonchev–Trinajstić information content (AvgIpc) is 2.69. The number of rotatable bonds is 6. The Kier molecular flexibility index (Phi) is 5.66. The third-order valence-corrected chi connectivity index (χ3v) is 4.08. The zero-order chi connectivity index (χ0) is 19.2. The second kappa shape index (κ2) is 8.31. The Morgan fingerprint density at radius 3 is 2.33 bits per heavy atom. The zero-order valence-electron chi connectivity index (χ0n) is 15.6. The van der Waals surface area contributed by atoms with Crippen molar-refractivity contribution in [1.82, 2.24) is 9.97 Å². The van der Waals surface area contributed by atoms with Gasteiger partial charge in [0.05, 0.1) is 12.7 Å². The summed E-state index contributed by atoms with van der Waals surface area (Å²) in [6, 6.07) is 15.3. The van der Waals surface area contributed by atoms with Crippen LogP contribution in [0.1, 0.15) is 35.7 Å². The molecule has 0 spiro atoms. The molecule has 138 valence electrons. The van der Waals surface area contributed by atoms with Gasteiger partial charge in [-0.1, -0.05) is 32.0 Å². The number of hydrogen-bond acceptors (Lipinski definition) is 5. The summed E-state index contributed by atoms with van der Waals surface area (Å²) in [5.41, 5.74) is 3.18. The SMILES string of the molecule is COc1cccc(NC(=O)c2cnc(Nc3ccc(C(C)C)cc3)nc2)c1. The van der Waals surface area contributed by atoms with Gasteiger partial charge in [0.2, 0.25) is 5.95 Å². The van der Waals surface area contributed by atoms with Crippen molar-refractivity contribution < 1.29 is 9.53 Å². The highest BCUT2D eigenvalue weighted by molar-refractivity contribution is 6.04. The third kappa shape index (κ3) is 4.82. The number of hydrogen-bond donors (Lipinski definition) is 2. The molecule has 0 radical (unpaired) electrons. The standard InChI is InChI=1S/C21H22N4O2/c1-14(2)15-7-9-17(10-8-15)25-21-22-12-16(13-23-21)20(26)24-18-5-4-6-19(11-18)27-3/h4-14H,1-3H3,(H,24,26)(H,22,23,25). The van der Waals surface area contributed by atoms with Gasteiger partial charge in [-0.3, -0.25) is 4.79 Å². The minimum atomic E-state index is -0.281. The van der Waals surface area contributed by atoms with Crippen molar-refractivity contribution in [3.8, 4) is 5.75 Å². The van der Waals surface area contributed by atoms with Crippen molar-refractivity contribution in [1.29, 1.82) is 0 Å². The summed E-state index contributed by atoms with van der Waals surface area (Å²) in [5, 5.41) is 5.93. The van der Waals surface area contributed by atoms with Crippen LogP contribution in [0.15, 0.2) is 60.9 Å². The van der Waals surface area contributed by atoms with Crippen molar-refractivity contribution in [3.05, 3.63) is 72.1 Å². The van der Waals surface area contributed by atoms with Crippen LogP contribution in [0.5, 0.6) is 5.75 Å². The maximum absolute atomic E-state index is 12.3. The molecule has 2 aromatic carbocycles. The molecule has 0 saturated carbocycles. The molecule has 1 aromatic heterocycles. The van der Waals surface area contributed by atoms with Crippen LogP contribution in [-0.2, 0) is 0 Å². The van der Waals surface area contributed by atoms with Crippen molar-refractivity contribution >= 4 is 23.2 Å². The molecule has 0 fully saturated rings. The normalized spacial score (nSPS) is 10.5. The van der Waals surface area contributed by atoms with Crippen molar-refractivity contribution in [2.75, 3.05) is 17.7 Å². The molecule has 0 saturated heterocycles. The monoisotopic (exact) mass is 362 g/mol. The van der Waals surface area contributed by atoms with Crippen molar-refractivity contribution in [2.45, 2.75) is 19.8 Å². The first-order valence-corrected chi connectivity index (χ1v) is 8.69. The summed E-state index contributed by atoms with van der Waals surface area (Å²) >= 11 is 0. The predicted molar refractivity (Wildman–Crippen MR) is 107 cm³/mol. The van der Waals surface area contributed by atoms with Gasteiger partial charge in [0.1, 0.15) is 5.75 Å². The molecule has 1 heterocycles. The zero-order valence-corrected chi connectivity index (χ0v) is 15.6. The van der Waals surface area contributed by atoms with Gasteiger partial charge in [-0.2, -0.15) is 0 Å². The number of anilines is 3. The molecule has 3 rings (SSSR count). The first-order chi connectivity index (χ1) is 13.0. The Labute approximate surface area is 158 Å². The smallest absolute Gasteiger partial charge is 0.258 e. The van der Waals surface area contributed by atoms with Crippen LogP contribution in [0.25, 0.3) is 0 Å². The molecule has 3 aromatic rings. The average molecular weight is 362 g/mol. The van der Waals surface area contributed by atoms with E-state index in [4.69, 9.17) is 4.74 Å². The molecular weight excluding hydrogens is 340 g/mol. The largest absolute Gasteiger partial charge is 0.497 e. The first-order valence-electron chi connectivity index (χ1n) is 8.69. The van der Waals surface area contributed by atoms with Gasteiger partial charge in [-0.25, -0.2) is 9.97 Å². The molecule has 1 amide bonds. The van der Waals surface area contributed by atoms with Gasteiger partial charge in [0, 0.05) is 29.8 Å². The lowest BCUT2D eigenvalue weighted by molar-refractivity contribution is 0.102. The fraction of sp³-hybridized carbons (Fsp3) is 0.190. The molecule has 0 aliphatic heterocycles. The van der Waals surface area contributed by atoms with Crippen LogP contribution in [0.3, 0.4) is 0 Å². The van der Waals surface area contributed by atoms with Gasteiger partial charge in [0.25, 0.3) is 5.91 Å². The summed E-state index contributed by atoms with van der Waals surface area (Å²) in [6.45, 7) is 4.31. The van der Waals surface area contributed by atoms with Crippen LogP contribution < -0.4 is 15.4 Å². The van der Waals surface area contributed by atoms with Crippen molar-refractivity contribution in [3.63, 3.8) is 0 Å². The Morgan fingerprint density at radius 1 is 1.00 bits per heavy atom. The van der Waals surface area contributed by atoms with Crippen LogP contribution in [0.2, 0.25) is 0 Å². The lowest BCUT2D eigenvalue weighted by Crippen LogP contribution is -2.13. The van der Waals surface area contributed by atoms with Gasteiger partial charge in [0.15, 0.2) is 0 Å².